The lowest BCUT2D eigenvalue weighted by Gasteiger charge is -2.22. The number of unbranched alkanes of at least 4 members (excludes halogenated alkanes) is 6. The fourth-order valence-corrected chi connectivity index (χ4v) is 14.6. The van der Waals surface area contributed by atoms with E-state index in [-0.39, 0.29) is 77.5 Å². The van der Waals surface area contributed by atoms with Crippen molar-refractivity contribution in [3.05, 3.63) is 20.9 Å². The van der Waals surface area contributed by atoms with Gasteiger partial charge in [0.05, 0.1) is 12.8 Å². The number of amides is 4. The Labute approximate surface area is 447 Å². The molecule has 2 aliphatic rings. The highest BCUT2D eigenvalue weighted by Crippen LogP contribution is 2.39. The van der Waals surface area contributed by atoms with Crippen molar-refractivity contribution in [1.29, 1.82) is 0 Å². The monoisotopic (exact) mass is 1120 g/mol. The van der Waals surface area contributed by atoms with Crippen LogP contribution in [0.15, 0.2) is 10.2 Å². The van der Waals surface area contributed by atoms with Crippen LogP contribution < -0.4 is 32.7 Å². The zero-order chi connectivity index (χ0) is 53.7. The molecule has 2 aliphatic heterocycles. The minimum atomic E-state index is -1.19. The van der Waals surface area contributed by atoms with Gasteiger partial charge in [0, 0.05) is 107 Å². The number of azide groups is 2. The van der Waals surface area contributed by atoms with Gasteiger partial charge in [-0.2, -0.15) is 0 Å². The predicted molar refractivity (Wildman–Crippen MR) is 293 cm³/mol. The normalized spacial score (nSPS) is 15.2. The highest BCUT2D eigenvalue weighted by Gasteiger charge is 2.32. The van der Waals surface area contributed by atoms with Gasteiger partial charge < -0.3 is 42.6 Å². The van der Waals surface area contributed by atoms with Crippen molar-refractivity contribution in [2.24, 2.45) is 21.7 Å². The largest absolute Gasteiger partial charge is 0.481 e. The van der Waals surface area contributed by atoms with Crippen molar-refractivity contribution < 1.29 is 48.2 Å². The molecule has 2 fully saturated rings. The number of carbonyl (C=O) groups is 8. The maximum absolute atomic E-state index is 12.8. The number of hydrogen-bond donors (Lipinski definition) is 7. The third kappa shape index (κ3) is 35.9. The molecule has 2 heterocycles. The smallest absolute Gasteiger partial charge is 0.308 e. The second-order valence-corrected chi connectivity index (χ2v) is 25.5. The molecule has 0 aromatic rings. The Morgan fingerprint density at radius 1 is 0.611 bits per heavy atom. The van der Waals surface area contributed by atoms with Gasteiger partial charge in [0.25, 0.3) is 0 Å². The first kappa shape index (κ1) is 66.8. The van der Waals surface area contributed by atoms with Gasteiger partial charge in [-0.3, -0.25) is 38.4 Å². The second kappa shape index (κ2) is 39.2. The highest BCUT2D eigenvalue weighted by molar-refractivity contribution is 8.77. The van der Waals surface area contributed by atoms with E-state index in [1.165, 1.54) is 0 Å². The van der Waals surface area contributed by atoms with E-state index in [0.717, 1.165) is 85.1 Å². The van der Waals surface area contributed by atoms with Crippen LogP contribution in [0.1, 0.15) is 136 Å². The van der Waals surface area contributed by atoms with Crippen LogP contribution in [0, 0.1) is 0 Å². The Morgan fingerprint density at radius 2 is 1.01 bits per heavy atom. The zero-order valence-corrected chi connectivity index (χ0v) is 46.8. The molecule has 72 heavy (non-hydrogen) atoms. The number of rotatable bonds is 36. The highest BCUT2D eigenvalue weighted by atomic mass is 33.1. The molecule has 0 radical (unpaired) electrons. The molecule has 0 spiro atoms. The lowest BCUT2D eigenvalue weighted by Crippen LogP contribution is -2.42. The number of aliphatic carboxylic acids is 1. The zero-order valence-electron chi connectivity index (χ0n) is 41.9. The van der Waals surface area contributed by atoms with Crippen LogP contribution in [0.2, 0.25) is 0 Å². The number of ether oxygens (including phenoxy) is 1. The molecule has 0 bridgehead atoms. The number of carbonyl (C=O) groups excluding carboxylic acids is 7. The molecular formula is C44H76N12O10S6. The number of carboxylic acid groups (broad SMARTS) is 1. The molecule has 0 aromatic carbocycles. The average Bonchev–Trinajstić information content (AvgIpc) is 3.95. The summed E-state index contributed by atoms with van der Waals surface area (Å²) < 4.78 is 5.32. The van der Waals surface area contributed by atoms with E-state index in [2.05, 4.69) is 41.3 Å². The Morgan fingerprint density at radius 3 is 1.39 bits per heavy atom. The van der Waals surface area contributed by atoms with E-state index >= 15 is 0 Å². The van der Waals surface area contributed by atoms with Gasteiger partial charge >= 0.3 is 11.9 Å². The van der Waals surface area contributed by atoms with E-state index in [4.69, 9.17) is 32.4 Å². The van der Waals surface area contributed by atoms with Crippen LogP contribution >= 0.6 is 66.7 Å². The molecule has 2 unspecified atom stereocenters. The van der Waals surface area contributed by atoms with Crippen molar-refractivity contribution in [3.8, 4) is 0 Å². The van der Waals surface area contributed by atoms with E-state index in [0.29, 0.717) is 64.7 Å². The minimum absolute atomic E-state index is 0.102. The fraction of sp³-hybridized carbons (Fsp3) is 0.818. The summed E-state index contributed by atoms with van der Waals surface area (Å²) in [5.41, 5.74) is 28.2. The second-order valence-electron chi connectivity index (χ2n) is 18.4. The van der Waals surface area contributed by atoms with E-state index in [1.807, 2.05) is 21.6 Å². The first-order chi connectivity index (χ1) is 34.2. The van der Waals surface area contributed by atoms with Crippen LogP contribution in [0.4, 0.5) is 0 Å². The summed E-state index contributed by atoms with van der Waals surface area (Å²) in [7, 11) is 7.21. The van der Waals surface area contributed by atoms with E-state index in [1.54, 1.807) is 42.4 Å². The van der Waals surface area contributed by atoms with Crippen molar-refractivity contribution in [2.75, 3.05) is 60.7 Å². The Balaban J connectivity index is 0.000000724. The van der Waals surface area contributed by atoms with E-state index < -0.39 is 47.1 Å². The van der Waals surface area contributed by atoms with Gasteiger partial charge in [0.2, 0.25) is 33.9 Å². The molecule has 4 amide bonds. The molecule has 408 valence electrons. The molecule has 2 rings (SSSR count). The number of nitrogens with one attached hydrogen (secondary N) is 4. The summed E-state index contributed by atoms with van der Waals surface area (Å²) in [6, 6.07) is -2.18. The summed E-state index contributed by atoms with van der Waals surface area (Å²) in [5.74, 6) is 1.43. The molecule has 2 saturated heterocycles. The van der Waals surface area contributed by atoms with Crippen LogP contribution in [0.3, 0.4) is 0 Å². The van der Waals surface area contributed by atoms with Crippen molar-refractivity contribution >= 4 is 112 Å². The van der Waals surface area contributed by atoms with Gasteiger partial charge in [0.1, 0.15) is 17.7 Å². The molecule has 0 aliphatic carbocycles. The number of nitrogens with zero attached hydrogens (tertiary/aromatic N) is 6. The van der Waals surface area contributed by atoms with Crippen LogP contribution in [-0.2, 0) is 43.1 Å². The Kier molecular flexibility index (Phi) is 36.4. The number of thioether (sulfide) groups is 2. The third-order valence-corrected chi connectivity index (χ3v) is 17.9. The maximum atomic E-state index is 12.8. The molecule has 9 N–H and O–H groups in total. The van der Waals surface area contributed by atoms with Gasteiger partial charge in [-0.05, 0) is 96.0 Å². The topological polar surface area (TPSA) is 364 Å². The number of nitrogens with two attached hydrogens (primary N) is 2. The van der Waals surface area contributed by atoms with Crippen LogP contribution in [0.25, 0.3) is 20.9 Å². The number of esters is 1. The Hall–Kier alpha value is -3.20. The third-order valence-electron chi connectivity index (χ3n) is 10.4. The fourth-order valence-electron chi connectivity index (χ4n) is 6.56. The first-order valence-corrected chi connectivity index (χ1v) is 31.1. The quantitative estimate of drug-likeness (QED) is 0.00833. The van der Waals surface area contributed by atoms with Gasteiger partial charge in [0.15, 0.2) is 0 Å². The van der Waals surface area contributed by atoms with Gasteiger partial charge in [-0.1, -0.05) is 89.8 Å². The lowest BCUT2D eigenvalue weighted by molar-refractivity contribution is -0.156. The minimum Gasteiger partial charge on any atom is -0.481 e. The van der Waals surface area contributed by atoms with Gasteiger partial charge in [-0.25, -0.2) is 0 Å². The molecule has 0 saturated carbocycles. The van der Waals surface area contributed by atoms with Crippen LogP contribution in [0.5, 0.6) is 0 Å². The summed E-state index contributed by atoms with van der Waals surface area (Å²) in [5, 5.41) is 25.9. The Bertz CT molecular complexity index is 1810. The van der Waals surface area contributed by atoms with Crippen molar-refractivity contribution in [1.82, 2.24) is 21.3 Å². The van der Waals surface area contributed by atoms with Gasteiger partial charge in [-0.15, -0.1) is 0 Å². The molecule has 2 atom stereocenters. The maximum Gasteiger partial charge on any atom is 0.308 e. The summed E-state index contributed by atoms with van der Waals surface area (Å²) >= 11 is 1.77. The lowest BCUT2D eigenvalue weighted by atomic mass is 9.98. The average molecular weight is 1130 g/mol. The molecule has 28 heteroatoms. The standard InChI is InChI=1S/C24H42N6O5S3.C20H34N6O5S3/c1-23(2,3)35-21(33)15-18(29-20(32)9-5-4-7-13-28-30-26)22(34)36-14-10-19(31)27-12-8-6-11-24(25)16-37-38-17-24;21-20(13-33-34-14-20)8-3-5-9-23-16(27)7-11-32-19(31)15(12-18(29)30)25-17(28)6-2-1-4-10-24-26-22/h18H,4-17,25H2,1-3H3,(H,27,31)(H,29,32);15H,1-14,21H2,(H,23,27)(H,25,28)(H,29,30). The summed E-state index contributed by atoms with van der Waals surface area (Å²) in [6.07, 6.45) is 9.08. The molecule has 22 nitrogen and oxygen atoms in total. The molecule has 0 aromatic heterocycles. The van der Waals surface area contributed by atoms with E-state index in [9.17, 15) is 38.4 Å². The van der Waals surface area contributed by atoms with Crippen LogP contribution in [-0.4, -0.2) is 140 Å². The number of carboxylic acids is 1. The molecular weight excluding hydrogens is 1050 g/mol. The summed E-state index contributed by atoms with van der Waals surface area (Å²) in [4.78, 5) is 103. The summed E-state index contributed by atoms with van der Waals surface area (Å²) in [6.45, 7) is 7.02. The predicted octanol–water partition coefficient (Wildman–Crippen LogP) is 6.95. The first-order valence-electron chi connectivity index (χ1n) is 24.2. The van der Waals surface area contributed by atoms with Crippen molar-refractivity contribution in [2.45, 2.75) is 165 Å². The number of hydrogen-bond acceptors (Lipinski definition) is 19. The SMILES string of the molecule is CC(C)(C)OC(=O)CC(NC(=O)CCCCCN=[N+]=[N-])C(=O)SCCC(=O)NCCCCC1(N)CSSC1.[N-]=[N+]=NCCCCCC(=O)NC(CC(=O)O)C(=O)SCCC(=O)NCCCCC1(N)CSSC1. The van der Waals surface area contributed by atoms with Crippen molar-refractivity contribution in [3.63, 3.8) is 0 Å².